The highest BCUT2D eigenvalue weighted by Gasteiger charge is 2.25. The maximum absolute atomic E-state index is 12.7. The van der Waals surface area contributed by atoms with Crippen LogP contribution in [0, 0.1) is 0 Å². The van der Waals surface area contributed by atoms with Gasteiger partial charge in [0.2, 0.25) is 0 Å². The van der Waals surface area contributed by atoms with Crippen LogP contribution in [-0.4, -0.2) is 46.1 Å². The zero-order valence-electron chi connectivity index (χ0n) is 16.4. The average molecular weight is 504 g/mol. The van der Waals surface area contributed by atoms with Crippen molar-refractivity contribution in [3.63, 3.8) is 0 Å². The first-order valence-corrected chi connectivity index (χ1v) is 11.0. The number of pyridine rings is 1. The minimum absolute atomic E-state index is 0.0574. The van der Waals surface area contributed by atoms with E-state index in [0.29, 0.717) is 15.1 Å². The van der Waals surface area contributed by atoms with Crippen molar-refractivity contribution in [1.82, 2.24) is 20.5 Å². The molecule has 1 aromatic carbocycles. The normalized spacial score (nSPS) is 14.3. The summed E-state index contributed by atoms with van der Waals surface area (Å²) in [6.07, 6.45) is 5.22. The molecule has 8 nitrogen and oxygen atoms in total. The standard InChI is InChI=1S/C21H20BrClN6O2/c22-17-18(27-28-19(17)26-20(30)15-3-1-2-4-16(15)23)21(31)25-13-7-11-29(12-8-13)14-5-9-24-10-6-14/h1-6,9-10,13H,7-8,11-12H2,(H,25,31)(H2,26,27,28,30). The molecule has 0 unspecified atom stereocenters. The summed E-state index contributed by atoms with van der Waals surface area (Å²) in [7, 11) is 0. The number of carbonyl (C=O) groups is 2. The van der Waals surface area contributed by atoms with E-state index in [1.165, 1.54) is 0 Å². The predicted molar refractivity (Wildman–Crippen MR) is 123 cm³/mol. The number of H-pyrrole nitrogens is 1. The lowest BCUT2D eigenvalue weighted by Crippen LogP contribution is -2.44. The highest BCUT2D eigenvalue weighted by atomic mass is 79.9. The fourth-order valence-electron chi connectivity index (χ4n) is 3.48. The number of nitrogens with zero attached hydrogens (tertiary/aromatic N) is 3. The SMILES string of the molecule is O=C(Nc1n[nH]c(C(=O)NC2CCN(c3ccncc3)CC2)c1Br)c1ccccc1Cl. The molecule has 3 heterocycles. The molecular weight excluding hydrogens is 484 g/mol. The summed E-state index contributed by atoms with van der Waals surface area (Å²) in [6, 6.07) is 10.7. The summed E-state index contributed by atoms with van der Waals surface area (Å²) in [6.45, 7) is 1.69. The van der Waals surface area contributed by atoms with Gasteiger partial charge < -0.3 is 15.5 Å². The van der Waals surface area contributed by atoms with Gasteiger partial charge in [-0.25, -0.2) is 0 Å². The number of hydrogen-bond acceptors (Lipinski definition) is 5. The monoisotopic (exact) mass is 502 g/mol. The Labute approximate surface area is 192 Å². The van der Waals surface area contributed by atoms with Gasteiger partial charge >= 0.3 is 0 Å². The maximum Gasteiger partial charge on any atom is 0.270 e. The van der Waals surface area contributed by atoms with Gasteiger partial charge in [-0.3, -0.25) is 19.7 Å². The van der Waals surface area contributed by atoms with Crippen molar-refractivity contribution >= 4 is 50.9 Å². The molecule has 3 aromatic rings. The highest BCUT2D eigenvalue weighted by molar-refractivity contribution is 9.10. The Balaban J connectivity index is 1.35. The molecule has 2 aromatic heterocycles. The van der Waals surface area contributed by atoms with Crippen LogP contribution in [0.5, 0.6) is 0 Å². The lowest BCUT2D eigenvalue weighted by atomic mass is 10.0. The quantitative estimate of drug-likeness (QED) is 0.490. The Morgan fingerprint density at radius 2 is 1.81 bits per heavy atom. The Morgan fingerprint density at radius 3 is 2.52 bits per heavy atom. The van der Waals surface area contributed by atoms with Crippen LogP contribution in [0.15, 0.2) is 53.3 Å². The van der Waals surface area contributed by atoms with Crippen molar-refractivity contribution in [2.24, 2.45) is 0 Å². The molecule has 1 saturated heterocycles. The maximum atomic E-state index is 12.7. The summed E-state index contributed by atoms with van der Waals surface area (Å²) in [5.74, 6) is -0.462. The second kappa shape index (κ2) is 9.49. The molecule has 0 aliphatic carbocycles. The highest BCUT2D eigenvalue weighted by Crippen LogP contribution is 2.26. The van der Waals surface area contributed by atoms with Crippen molar-refractivity contribution in [3.8, 4) is 0 Å². The van der Waals surface area contributed by atoms with Gasteiger partial charge in [-0.15, -0.1) is 0 Å². The molecule has 4 rings (SSSR count). The Kier molecular flexibility index (Phi) is 6.53. The van der Waals surface area contributed by atoms with Crippen molar-refractivity contribution in [1.29, 1.82) is 0 Å². The van der Waals surface area contributed by atoms with E-state index in [4.69, 9.17) is 11.6 Å². The third-order valence-electron chi connectivity index (χ3n) is 5.14. The molecule has 0 saturated carbocycles. The summed E-state index contributed by atoms with van der Waals surface area (Å²) in [4.78, 5) is 31.5. The van der Waals surface area contributed by atoms with E-state index < -0.39 is 5.91 Å². The van der Waals surface area contributed by atoms with Gasteiger partial charge in [-0.2, -0.15) is 5.10 Å². The van der Waals surface area contributed by atoms with Crippen LogP contribution < -0.4 is 15.5 Å². The van der Waals surface area contributed by atoms with Gasteiger partial charge in [0.1, 0.15) is 5.69 Å². The lowest BCUT2D eigenvalue weighted by molar-refractivity contribution is 0.0924. The van der Waals surface area contributed by atoms with Crippen LogP contribution in [0.1, 0.15) is 33.7 Å². The molecule has 3 N–H and O–H groups in total. The van der Waals surface area contributed by atoms with Crippen molar-refractivity contribution < 1.29 is 9.59 Å². The molecule has 1 aliphatic rings. The summed E-state index contributed by atoms with van der Waals surface area (Å²) >= 11 is 9.43. The van der Waals surface area contributed by atoms with E-state index in [2.05, 4.69) is 46.6 Å². The smallest absolute Gasteiger partial charge is 0.270 e. The second-order valence-electron chi connectivity index (χ2n) is 7.14. The summed E-state index contributed by atoms with van der Waals surface area (Å²) in [5.41, 5.74) is 1.71. The molecular formula is C21H20BrClN6O2. The first-order valence-electron chi connectivity index (χ1n) is 9.78. The van der Waals surface area contributed by atoms with Crippen LogP contribution in [0.2, 0.25) is 5.02 Å². The number of aromatic amines is 1. The van der Waals surface area contributed by atoms with E-state index in [-0.39, 0.29) is 23.5 Å². The van der Waals surface area contributed by atoms with E-state index in [1.54, 1.807) is 36.7 Å². The molecule has 0 bridgehead atoms. The van der Waals surface area contributed by atoms with Crippen molar-refractivity contribution in [2.75, 3.05) is 23.3 Å². The second-order valence-corrected chi connectivity index (χ2v) is 8.34. The Morgan fingerprint density at radius 1 is 1.10 bits per heavy atom. The van der Waals surface area contributed by atoms with Gasteiger partial charge in [-0.1, -0.05) is 23.7 Å². The number of carbonyl (C=O) groups excluding carboxylic acids is 2. The fraction of sp³-hybridized carbons (Fsp3) is 0.238. The fourth-order valence-corrected chi connectivity index (χ4v) is 4.15. The van der Waals surface area contributed by atoms with E-state index in [1.807, 2.05) is 12.1 Å². The van der Waals surface area contributed by atoms with Crippen LogP contribution in [0.3, 0.4) is 0 Å². The van der Waals surface area contributed by atoms with E-state index in [9.17, 15) is 9.59 Å². The number of halogens is 2. The number of piperidine rings is 1. The predicted octanol–water partition coefficient (Wildman–Crippen LogP) is 3.87. The first kappa shape index (κ1) is 21.3. The summed E-state index contributed by atoms with van der Waals surface area (Å²) < 4.78 is 0.389. The van der Waals surface area contributed by atoms with Crippen molar-refractivity contribution in [3.05, 3.63) is 69.5 Å². The molecule has 1 fully saturated rings. The van der Waals surface area contributed by atoms with Gasteiger partial charge in [0.15, 0.2) is 5.82 Å². The average Bonchev–Trinajstić information content (AvgIpc) is 3.15. The topological polar surface area (TPSA) is 103 Å². The first-order chi connectivity index (χ1) is 15.0. The molecule has 0 radical (unpaired) electrons. The van der Waals surface area contributed by atoms with Gasteiger partial charge in [0.05, 0.1) is 15.1 Å². The van der Waals surface area contributed by atoms with Gasteiger partial charge in [0, 0.05) is 37.2 Å². The minimum atomic E-state index is -0.409. The largest absolute Gasteiger partial charge is 0.371 e. The van der Waals surface area contributed by atoms with E-state index >= 15 is 0 Å². The molecule has 0 spiro atoms. The molecule has 10 heteroatoms. The van der Waals surface area contributed by atoms with Gasteiger partial charge in [0.25, 0.3) is 11.8 Å². The summed E-state index contributed by atoms with van der Waals surface area (Å²) in [5, 5.41) is 12.8. The minimum Gasteiger partial charge on any atom is -0.371 e. The Hall–Kier alpha value is -2.91. The third-order valence-corrected chi connectivity index (χ3v) is 6.24. The lowest BCUT2D eigenvalue weighted by Gasteiger charge is -2.33. The van der Waals surface area contributed by atoms with E-state index in [0.717, 1.165) is 31.6 Å². The zero-order valence-corrected chi connectivity index (χ0v) is 18.8. The Bertz CT molecular complexity index is 1080. The molecule has 2 amide bonds. The van der Waals surface area contributed by atoms with Crippen LogP contribution in [-0.2, 0) is 0 Å². The number of nitrogens with one attached hydrogen (secondary N) is 3. The number of anilines is 2. The molecule has 0 atom stereocenters. The molecule has 1 aliphatic heterocycles. The number of benzene rings is 1. The van der Waals surface area contributed by atoms with Crippen LogP contribution >= 0.6 is 27.5 Å². The molecule has 160 valence electrons. The van der Waals surface area contributed by atoms with Crippen LogP contribution in [0.25, 0.3) is 0 Å². The molecule has 31 heavy (non-hydrogen) atoms. The number of amides is 2. The number of hydrogen-bond donors (Lipinski definition) is 3. The van der Waals surface area contributed by atoms with Crippen LogP contribution in [0.4, 0.5) is 11.5 Å². The number of aromatic nitrogens is 3. The van der Waals surface area contributed by atoms with Crippen molar-refractivity contribution in [2.45, 2.75) is 18.9 Å². The zero-order chi connectivity index (χ0) is 21.8. The number of rotatable bonds is 5. The van der Waals surface area contributed by atoms with Gasteiger partial charge in [-0.05, 0) is 53.0 Å². The third kappa shape index (κ3) is 4.88.